The number of hydrogen-bond acceptors (Lipinski definition) is 2. The maximum Gasteiger partial charge on any atom is 0.246 e. The highest BCUT2D eigenvalue weighted by Gasteiger charge is 2.24. The molecular weight excluding hydrogens is 374 g/mol. The molecular formula is C23H22F2N2O2. The van der Waals surface area contributed by atoms with Crippen LogP contribution in [0.4, 0.5) is 8.78 Å². The fourth-order valence-electron chi connectivity index (χ4n) is 3.93. The van der Waals surface area contributed by atoms with Crippen LogP contribution in [0.3, 0.4) is 0 Å². The number of nitrogens with one attached hydrogen (secondary N) is 1. The maximum atomic E-state index is 13.7. The number of ether oxygens (including phenoxy) is 1. The topological polar surface area (TPSA) is 45.3 Å². The van der Waals surface area contributed by atoms with Crippen LogP contribution in [-0.2, 0) is 4.79 Å². The number of fused-ring (bicyclic) bond motifs is 1. The summed E-state index contributed by atoms with van der Waals surface area (Å²) >= 11 is 0. The Balaban J connectivity index is 1.43. The van der Waals surface area contributed by atoms with E-state index >= 15 is 0 Å². The van der Waals surface area contributed by atoms with Gasteiger partial charge >= 0.3 is 0 Å². The second-order valence-electron chi connectivity index (χ2n) is 7.22. The SMILES string of the molecule is COc1ccc2[nH]cc(C3CCN(C(=O)/C=C/c4c(F)cccc4F)CC3)c2c1. The average molecular weight is 396 g/mol. The number of benzene rings is 2. The van der Waals surface area contributed by atoms with Crippen LogP contribution in [0.5, 0.6) is 5.75 Å². The molecule has 1 fully saturated rings. The molecule has 4 rings (SSSR count). The van der Waals surface area contributed by atoms with Crippen molar-refractivity contribution in [2.24, 2.45) is 0 Å². The number of methoxy groups -OCH3 is 1. The molecule has 6 heteroatoms. The summed E-state index contributed by atoms with van der Waals surface area (Å²) in [5, 5.41) is 1.14. The van der Waals surface area contributed by atoms with Crippen molar-refractivity contribution >= 4 is 22.9 Å². The first kappa shape index (κ1) is 19.2. The predicted octanol–water partition coefficient (Wildman–Crippen LogP) is 4.87. The van der Waals surface area contributed by atoms with Crippen molar-refractivity contribution in [3.8, 4) is 5.75 Å². The summed E-state index contributed by atoms with van der Waals surface area (Å²) in [6.45, 7) is 1.20. The van der Waals surface area contributed by atoms with Crippen LogP contribution in [0.2, 0.25) is 0 Å². The molecule has 0 unspecified atom stereocenters. The second-order valence-corrected chi connectivity index (χ2v) is 7.22. The summed E-state index contributed by atoms with van der Waals surface area (Å²) in [5.41, 5.74) is 2.10. The van der Waals surface area contributed by atoms with E-state index in [0.29, 0.717) is 19.0 Å². The minimum Gasteiger partial charge on any atom is -0.497 e. The Labute approximate surface area is 167 Å². The number of hydrogen-bond donors (Lipinski definition) is 1. The van der Waals surface area contributed by atoms with Gasteiger partial charge in [-0.25, -0.2) is 8.78 Å². The number of aromatic nitrogens is 1. The molecule has 1 amide bonds. The summed E-state index contributed by atoms with van der Waals surface area (Å²) < 4.78 is 32.7. The van der Waals surface area contributed by atoms with Crippen LogP contribution in [0.15, 0.2) is 48.7 Å². The molecule has 0 saturated carbocycles. The third kappa shape index (κ3) is 3.88. The highest BCUT2D eigenvalue weighted by molar-refractivity contribution is 5.92. The third-order valence-corrected chi connectivity index (χ3v) is 5.56. The highest BCUT2D eigenvalue weighted by Crippen LogP contribution is 2.34. The second kappa shape index (κ2) is 8.07. The fourth-order valence-corrected chi connectivity index (χ4v) is 3.93. The van der Waals surface area contributed by atoms with E-state index in [4.69, 9.17) is 4.74 Å². The van der Waals surface area contributed by atoms with Crippen LogP contribution in [0.1, 0.15) is 29.9 Å². The molecule has 1 aliphatic heterocycles. The van der Waals surface area contributed by atoms with E-state index in [-0.39, 0.29) is 11.5 Å². The number of halogens is 2. The number of amides is 1. The fraction of sp³-hybridized carbons (Fsp3) is 0.261. The molecule has 150 valence electrons. The molecule has 1 N–H and O–H groups in total. The minimum atomic E-state index is -0.678. The standard InChI is InChI=1S/C23H22F2N2O2/c1-29-16-5-7-22-18(13-16)19(14-26-22)15-9-11-27(12-10-15)23(28)8-6-17-20(24)3-2-4-21(17)25/h2-8,13-15,26H,9-12H2,1H3/b8-6+. The smallest absolute Gasteiger partial charge is 0.246 e. The van der Waals surface area contributed by atoms with Gasteiger partial charge in [0.1, 0.15) is 17.4 Å². The van der Waals surface area contributed by atoms with E-state index in [1.165, 1.54) is 35.9 Å². The van der Waals surface area contributed by atoms with E-state index < -0.39 is 11.6 Å². The molecule has 2 heterocycles. The Hall–Kier alpha value is -3.15. The van der Waals surface area contributed by atoms with Gasteiger partial charge in [-0.2, -0.15) is 0 Å². The lowest BCUT2D eigenvalue weighted by Crippen LogP contribution is -2.36. The Kier molecular flexibility index (Phi) is 5.34. The lowest BCUT2D eigenvalue weighted by Gasteiger charge is -2.31. The molecule has 0 spiro atoms. The zero-order valence-corrected chi connectivity index (χ0v) is 16.1. The molecule has 3 aromatic rings. The lowest BCUT2D eigenvalue weighted by atomic mass is 9.89. The Morgan fingerprint density at radius 3 is 2.59 bits per heavy atom. The van der Waals surface area contributed by atoms with Crippen molar-refractivity contribution in [3.05, 3.63) is 71.4 Å². The first-order valence-electron chi connectivity index (χ1n) is 9.63. The maximum absolute atomic E-state index is 13.7. The number of likely N-dealkylation sites (tertiary alicyclic amines) is 1. The van der Waals surface area contributed by atoms with Crippen LogP contribution < -0.4 is 4.74 Å². The monoisotopic (exact) mass is 396 g/mol. The number of aromatic amines is 1. The van der Waals surface area contributed by atoms with Gasteiger partial charge in [-0.05, 0) is 60.7 Å². The number of piperidine rings is 1. The molecule has 4 nitrogen and oxygen atoms in total. The zero-order valence-electron chi connectivity index (χ0n) is 16.1. The van der Waals surface area contributed by atoms with Crippen molar-refractivity contribution < 1.29 is 18.3 Å². The van der Waals surface area contributed by atoms with E-state index in [2.05, 4.69) is 4.98 Å². The molecule has 1 aromatic heterocycles. The number of carbonyl (C=O) groups excluding carboxylic acids is 1. The Bertz CT molecular complexity index is 1050. The summed E-state index contributed by atoms with van der Waals surface area (Å²) in [5.74, 6) is -0.430. The molecule has 0 atom stereocenters. The minimum absolute atomic E-state index is 0.191. The van der Waals surface area contributed by atoms with E-state index in [9.17, 15) is 13.6 Å². The molecule has 1 saturated heterocycles. The van der Waals surface area contributed by atoms with Crippen LogP contribution in [0, 0.1) is 11.6 Å². The normalized spacial score (nSPS) is 15.3. The van der Waals surface area contributed by atoms with Gasteiger partial charge < -0.3 is 14.6 Å². The molecule has 29 heavy (non-hydrogen) atoms. The average Bonchev–Trinajstić information content (AvgIpc) is 3.16. The van der Waals surface area contributed by atoms with Gasteiger partial charge in [0, 0.05) is 41.8 Å². The summed E-state index contributed by atoms with van der Waals surface area (Å²) in [6.07, 6.45) is 6.16. The van der Waals surface area contributed by atoms with Crippen LogP contribution >= 0.6 is 0 Å². The summed E-state index contributed by atoms with van der Waals surface area (Å²) in [7, 11) is 1.65. The van der Waals surface area contributed by atoms with Gasteiger partial charge in [0.25, 0.3) is 0 Å². The molecule has 0 bridgehead atoms. The van der Waals surface area contributed by atoms with Gasteiger partial charge in [0.15, 0.2) is 0 Å². The number of H-pyrrole nitrogens is 1. The quantitative estimate of drug-likeness (QED) is 0.639. The Morgan fingerprint density at radius 2 is 1.90 bits per heavy atom. The highest BCUT2D eigenvalue weighted by atomic mass is 19.1. The van der Waals surface area contributed by atoms with E-state index in [1.54, 1.807) is 12.0 Å². The third-order valence-electron chi connectivity index (χ3n) is 5.56. The summed E-state index contributed by atoms with van der Waals surface area (Å²) in [4.78, 5) is 17.5. The number of nitrogens with zero attached hydrogens (tertiary/aromatic N) is 1. The molecule has 0 radical (unpaired) electrons. The summed E-state index contributed by atoms with van der Waals surface area (Å²) in [6, 6.07) is 9.61. The molecule has 1 aliphatic rings. The molecule has 0 aliphatic carbocycles. The van der Waals surface area contributed by atoms with Gasteiger partial charge in [-0.3, -0.25) is 4.79 Å². The van der Waals surface area contributed by atoms with Crippen molar-refractivity contribution in [2.75, 3.05) is 20.2 Å². The largest absolute Gasteiger partial charge is 0.497 e. The first-order chi connectivity index (χ1) is 14.1. The van der Waals surface area contributed by atoms with Crippen molar-refractivity contribution in [2.45, 2.75) is 18.8 Å². The lowest BCUT2D eigenvalue weighted by molar-refractivity contribution is -0.126. The van der Waals surface area contributed by atoms with Gasteiger partial charge in [0.2, 0.25) is 5.91 Å². The van der Waals surface area contributed by atoms with Crippen molar-refractivity contribution in [3.63, 3.8) is 0 Å². The number of carbonyl (C=O) groups is 1. The Morgan fingerprint density at radius 1 is 1.17 bits per heavy atom. The van der Waals surface area contributed by atoms with Gasteiger partial charge in [-0.15, -0.1) is 0 Å². The first-order valence-corrected chi connectivity index (χ1v) is 9.63. The van der Waals surface area contributed by atoms with Crippen molar-refractivity contribution in [1.29, 1.82) is 0 Å². The predicted molar refractivity (Wildman–Crippen MR) is 109 cm³/mol. The van der Waals surface area contributed by atoms with E-state index in [0.717, 1.165) is 29.5 Å². The van der Waals surface area contributed by atoms with Crippen molar-refractivity contribution in [1.82, 2.24) is 9.88 Å². The number of rotatable bonds is 4. The van der Waals surface area contributed by atoms with Gasteiger partial charge in [-0.1, -0.05) is 6.07 Å². The van der Waals surface area contributed by atoms with Gasteiger partial charge in [0.05, 0.1) is 7.11 Å². The molecule has 2 aromatic carbocycles. The van der Waals surface area contributed by atoms with Crippen LogP contribution in [-0.4, -0.2) is 36.0 Å². The van der Waals surface area contributed by atoms with E-state index in [1.807, 2.05) is 24.4 Å². The zero-order chi connectivity index (χ0) is 20.4. The van der Waals surface area contributed by atoms with Crippen LogP contribution in [0.25, 0.3) is 17.0 Å².